The van der Waals surface area contributed by atoms with Gasteiger partial charge in [0.2, 0.25) is 0 Å². The smallest absolute Gasteiger partial charge is 0.157 e. The van der Waals surface area contributed by atoms with Crippen LogP contribution in [0.15, 0.2) is 36.4 Å². The van der Waals surface area contributed by atoms with Gasteiger partial charge in [0, 0.05) is 23.9 Å². The number of anilines is 1. The van der Waals surface area contributed by atoms with E-state index in [1.165, 1.54) is 0 Å². The van der Waals surface area contributed by atoms with E-state index in [0.29, 0.717) is 0 Å². The van der Waals surface area contributed by atoms with E-state index < -0.39 is 0 Å². The summed E-state index contributed by atoms with van der Waals surface area (Å²) in [4.78, 5) is 4.48. The molecule has 2 N–H and O–H groups in total. The van der Waals surface area contributed by atoms with Crippen LogP contribution in [0.3, 0.4) is 0 Å². The number of aromatic hydroxyl groups is 1. The Hall–Kier alpha value is -2.56. The highest BCUT2D eigenvalue weighted by atomic mass is 16.3. The van der Waals surface area contributed by atoms with E-state index in [1.54, 1.807) is 12.1 Å². The first-order chi connectivity index (χ1) is 10.0. The molecule has 1 aromatic carbocycles. The molecule has 0 bridgehead atoms. The van der Waals surface area contributed by atoms with Crippen molar-refractivity contribution >= 4 is 11.5 Å². The summed E-state index contributed by atoms with van der Waals surface area (Å²) < 4.78 is 1.82. The molecule has 2 aromatic heterocycles. The lowest BCUT2D eigenvalue weighted by Gasteiger charge is -2.17. The number of phenols is 1. The topological polar surface area (TPSA) is 62.5 Å². The molecular weight excluding hydrogens is 264 g/mol. The minimum atomic E-state index is 0.0973. The molecule has 0 saturated carbocycles. The Labute approximate surface area is 123 Å². The molecule has 0 amide bonds. The number of aromatic nitrogens is 3. The number of hydrogen-bond acceptors (Lipinski definition) is 4. The highest BCUT2D eigenvalue weighted by molar-refractivity contribution is 5.51. The summed E-state index contributed by atoms with van der Waals surface area (Å²) in [6.45, 7) is 6.00. The molecule has 108 valence electrons. The molecule has 3 rings (SSSR count). The molecule has 5 nitrogen and oxygen atoms in total. The number of phenolic OH excluding ortho intramolecular Hbond substituents is 1. The zero-order valence-corrected chi connectivity index (χ0v) is 12.3. The van der Waals surface area contributed by atoms with Crippen LogP contribution in [-0.4, -0.2) is 19.7 Å². The van der Waals surface area contributed by atoms with Crippen molar-refractivity contribution in [2.75, 3.05) is 5.32 Å². The normalized spacial score (nSPS) is 12.5. The zero-order valence-electron chi connectivity index (χ0n) is 12.3. The van der Waals surface area contributed by atoms with Crippen molar-refractivity contribution in [2.45, 2.75) is 26.8 Å². The van der Waals surface area contributed by atoms with Gasteiger partial charge in [-0.2, -0.15) is 9.61 Å². The van der Waals surface area contributed by atoms with E-state index in [9.17, 15) is 5.11 Å². The Morgan fingerprint density at radius 2 is 1.81 bits per heavy atom. The van der Waals surface area contributed by atoms with E-state index in [1.807, 2.05) is 42.6 Å². The molecule has 0 unspecified atom stereocenters. The second-order valence-corrected chi connectivity index (χ2v) is 5.30. The Balaban J connectivity index is 1.95. The van der Waals surface area contributed by atoms with Crippen molar-refractivity contribution in [3.05, 3.63) is 53.3 Å². The fourth-order valence-corrected chi connectivity index (χ4v) is 2.39. The number of fused-ring (bicyclic) bond motifs is 1. The highest BCUT2D eigenvalue weighted by Gasteiger charge is 2.10. The summed E-state index contributed by atoms with van der Waals surface area (Å²) in [5.41, 5.74) is 3.82. The van der Waals surface area contributed by atoms with Gasteiger partial charge in [-0.15, -0.1) is 0 Å². The van der Waals surface area contributed by atoms with Crippen molar-refractivity contribution in [2.24, 2.45) is 0 Å². The number of nitrogens with one attached hydrogen (secondary N) is 1. The molecule has 0 saturated heterocycles. The zero-order chi connectivity index (χ0) is 15.0. The third-order valence-electron chi connectivity index (χ3n) is 3.43. The predicted molar refractivity (Wildman–Crippen MR) is 82.6 cm³/mol. The summed E-state index contributed by atoms with van der Waals surface area (Å²) in [5, 5.41) is 17.3. The van der Waals surface area contributed by atoms with Crippen molar-refractivity contribution < 1.29 is 5.11 Å². The number of nitrogens with zero attached hydrogens (tertiary/aromatic N) is 3. The summed E-state index contributed by atoms with van der Waals surface area (Å²) in [5.74, 6) is 1.18. The maximum Gasteiger partial charge on any atom is 0.157 e. The van der Waals surface area contributed by atoms with E-state index in [0.717, 1.165) is 28.4 Å². The maximum atomic E-state index is 9.37. The van der Waals surface area contributed by atoms with Crippen LogP contribution < -0.4 is 5.32 Å². The van der Waals surface area contributed by atoms with Gasteiger partial charge in [0.15, 0.2) is 5.65 Å². The Morgan fingerprint density at radius 1 is 1.10 bits per heavy atom. The minimum absolute atomic E-state index is 0.0973. The highest BCUT2D eigenvalue weighted by Crippen LogP contribution is 2.22. The SMILES string of the molecule is Cc1cc(N[C@H](C)c2ccc(O)cc2)n2nc(C)cc2n1. The maximum absolute atomic E-state index is 9.37. The molecule has 21 heavy (non-hydrogen) atoms. The molecule has 0 spiro atoms. The summed E-state index contributed by atoms with van der Waals surface area (Å²) in [6.07, 6.45) is 0. The first kappa shape index (κ1) is 13.4. The van der Waals surface area contributed by atoms with Crippen LogP contribution in [0, 0.1) is 13.8 Å². The van der Waals surface area contributed by atoms with Crippen LogP contribution in [0.5, 0.6) is 5.75 Å². The standard InChI is InChI=1S/C16H18N4O/c1-10-8-16(20-15(17-10)9-11(2)19-20)18-12(3)13-4-6-14(21)7-5-13/h4-9,12,18,21H,1-3H3/t12-/m1/s1. The molecule has 0 aliphatic rings. The molecule has 2 heterocycles. The predicted octanol–water partition coefficient (Wildman–Crippen LogP) is 3.22. The molecule has 1 atom stereocenters. The van der Waals surface area contributed by atoms with Crippen LogP contribution in [0.25, 0.3) is 5.65 Å². The summed E-state index contributed by atoms with van der Waals surface area (Å²) in [7, 11) is 0. The van der Waals surface area contributed by atoms with Gasteiger partial charge in [0.1, 0.15) is 11.6 Å². The first-order valence-electron chi connectivity index (χ1n) is 6.92. The van der Waals surface area contributed by atoms with Crippen LogP contribution in [0.4, 0.5) is 5.82 Å². The van der Waals surface area contributed by atoms with Crippen molar-refractivity contribution in [3.8, 4) is 5.75 Å². The lowest BCUT2D eigenvalue weighted by Crippen LogP contribution is -2.11. The fraction of sp³-hybridized carbons (Fsp3) is 0.250. The second kappa shape index (κ2) is 5.09. The van der Waals surface area contributed by atoms with Gasteiger partial charge >= 0.3 is 0 Å². The third kappa shape index (κ3) is 2.67. The molecule has 5 heteroatoms. The van der Waals surface area contributed by atoms with E-state index in [2.05, 4.69) is 22.3 Å². The van der Waals surface area contributed by atoms with Gasteiger partial charge in [-0.25, -0.2) is 4.98 Å². The van der Waals surface area contributed by atoms with Crippen LogP contribution in [0.1, 0.15) is 29.9 Å². The van der Waals surface area contributed by atoms with Gasteiger partial charge in [-0.05, 0) is 38.5 Å². The minimum Gasteiger partial charge on any atom is -0.508 e. The van der Waals surface area contributed by atoms with Gasteiger partial charge < -0.3 is 10.4 Å². The lowest BCUT2D eigenvalue weighted by molar-refractivity contribution is 0.475. The van der Waals surface area contributed by atoms with Gasteiger partial charge in [0.25, 0.3) is 0 Å². The van der Waals surface area contributed by atoms with Crippen molar-refractivity contribution in [3.63, 3.8) is 0 Å². The van der Waals surface area contributed by atoms with Gasteiger partial charge in [-0.1, -0.05) is 12.1 Å². The lowest BCUT2D eigenvalue weighted by atomic mass is 10.1. The molecule has 3 aromatic rings. The van der Waals surface area contributed by atoms with E-state index in [4.69, 9.17) is 0 Å². The Bertz CT molecular complexity index is 777. The van der Waals surface area contributed by atoms with Crippen molar-refractivity contribution in [1.29, 1.82) is 0 Å². The largest absolute Gasteiger partial charge is 0.508 e. The van der Waals surface area contributed by atoms with Gasteiger partial charge in [0.05, 0.1) is 5.69 Å². The molecule has 0 radical (unpaired) electrons. The van der Waals surface area contributed by atoms with Crippen LogP contribution in [-0.2, 0) is 0 Å². The molecular formula is C16H18N4O. The van der Waals surface area contributed by atoms with E-state index >= 15 is 0 Å². The second-order valence-electron chi connectivity index (χ2n) is 5.30. The number of aryl methyl sites for hydroxylation is 2. The Kier molecular flexibility index (Phi) is 3.25. The van der Waals surface area contributed by atoms with Crippen LogP contribution >= 0.6 is 0 Å². The monoisotopic (exact) mass is 282 g/mol. The van der Waals surface area contributed by atoms with E-state index in [-0.39, 0.29) is 11.8 Å². The number of benzene rings is 1. The first-order valence-corrected chi connectivity index (χ1v) is 6.92. The number of rotatable bonds is 3. The molecule has 0 fully saturated rings. The van der Waals surface area contributed by atoms with Crippen LogP contribution in [0.2, 0.25) is 0 Å². The van der Waals surface area contributed by atoms with Gasteiger partial charge in [-0.3, -0.25) is 0 Å². The number of hydrogen-bond donors (Lipinski definition) is 2. The fourth-order valence-electron chi connectivity index (χ4n) is 2.39. The molecule has 0 aliphatic carbocycles. The van der Waals surface area contributed by atoms with Crippen molar-refractivity contribution in [1.82, 2.24) is 14.6 Å². The Morgan fingerprint density at radius 3 is 2.52 bits per heavy atom. The quantitative estimate of drug-likeness (QED) is 0.774. The average molecular weight is 282 g/mol. The average Bonchev–Trinajstić information content (AvgIpc) is 2.79. The summed E-state index contributed by atoms with van der Waals surface area (Å²) >= 11 is 0. The third-order valence-corrected chi connectivity index (χ3v) is 3.43. The summed E-state index contributed by atoms with van der Waals surface area (Å²) in [6, 6.07) is 11.2. The molecule has 0 aliphatic heterocycles.